The van der Waals surface area contributed by atoms with Gasteiger partial charge >= 0.3 is 0 Å². The van der Waals surface area contributed by atoms with Gasteiger partial charge in [0, 0.05) is 4.90 Å². The lowest BCUT2D eigenvalue weighted by Crippen LogP contribution is -2.49. The van der Waals surface area contributed by atoms with E-state index in [9.17, 15) is 4.79 Å². The number of rotatable bonds is 5. The van der Waals surface area contributed by atoms with Crippen molar-refractivity contribution in [3.8, 4) is 6.07 Å². The highest BCUT2D eigenvalue weighted by Gasteiger charge is 2.29. The zero-order valence-electron chi connectivity index (χ0n) is 10.9. The normalized spacial score (nSPS) is 13.7. The quantitative estimate of drug-likeness (QED) is 0.830. The standard InChI is InChI=1S/C14H18N2OS/c1-11(2)14(3,10-15)16-13(17)9-18-12-7-5-4-6-8-12/h4-8,11H,9H2,1-3H3,(H,16,17). The summed E-state index contributed by atoms with van der Waals surface area (Å²) in [4.78, 5) is 12.9. The molecule has 0 fully saturated rings. The molecular formula is C14H18N2OS. The minimum atomic E-state index is -0.797. The molecule has 1 unspecified atom stereocenters. The number of carbonyl (C=O) groups excluding carboxylic acids is 1. The van der Waals surface area contributed by atoms with Gasteiger partial charge in [-0.05, 0) is 25.0 Å². The molecular weight excluding hydrogens is 244 g/mol. The maximum Gasteiger partial charge on any atom is 0.231 e. The Bertz CT molecular complexity index is 439. The van der Waals surface area contributed by atoms with E-state index < -0.39 is 5.54 Å². The lowest BCUT2D eigenvalue weighted by Gasteiger charge is -2.27. The van der Waals surface area contributed by atoms with Crippen LogP contribution in [0.1, 0.15) is 20.8 Å². The van der Waals surface area contributed by atoms with Crippen LogP contribution < -0.4 is 5.32 Å². The summed E-state index contributed by atoms with van der Waals surface area (Å²) in [6, 6.07) is 11.9. The first-order chi connectivity index (χ1) is 8.48. The molecule has 1 amide bonds. The Balaban J connectivity index is 2.50. The van der Waals surface area contributed by atoms with Gasteiger partial charge in [-0.25, -0.2) is 0 Å². The zero-order chi connectivity index (χ0) is 13.6. The van der Waals surface area contributed by atoms with Gasteiger partial charge in [0.25, 0.3) is 0 Å². The third kappa shape index (κ3) is 4.08. The average Bonchev–Trinajstić information content (AvgIpc) is 2.37. The summed E-state index contributed by atoms with van der Waals surface area (Å²) in [5, 5.41) is 11.9. The monoisotopic (exact) mass is 262 g/mol. The van der Waals surface area contributed by atoms with Crippen LogP contribution in [0.4, 0.5) is 0 Å². The van der Waals surface area contributed by atoms with E-state index in [0.29, 0.717) is 5.75 Å². The fourth-order valence-electron chi connectivity index (χ4n) is 1.29. The van der Waals surface area contributed by atoms with Gasteiger partial charge in [0.15, 0.2) is 0 Å². The van der Waals surface area contributed by atoms with Crippen LogP contribution in [0.25, 0.3) is 0 Å². The number of nitrogens with one attached hydrogen (secondary N) is 1. The Morgan fingerprint density at radius 2 is 2.06 bits per heavy atom. The summed E-state index contributed by atoms with van der Waals surface area (Å²) in [5.74, 6) is 0.295. The van der Waals surface area contributed by atoms with Gasteiger partial charge in [0.2, 0.25) is 5.91 Å². The number of nitrogens with zero attached hydrogens (tertiary/aromatic N) is 1. The molecule has 0 spiro atoms. The van der Waals surface area contributed by atoms with Crippen molar-refractivity contribution in [2.45, 2.75) is 31.2 Å². The maximum absolute atomic E-state index is 11.8. The van der Waals surface area contributed by atoms with Crippen LogP contribution in [0.15, 0.2) is 35.2 Å². The van der Waals surface area contributed by atoms with Crippen LogP contribution in [0.3, 0.4) is 0 Å². The second-order valence-corrected chi connectivity index (χ2v) is 5.67. The first-order valence-electron chi connectivity index (χ1n) is 5.88. The topological polar surface area (TPSA) is 52.9 Å². The largest absolute Gasteiger partial charge is 0.337 e. The molecule has 0 aromatic heterocycles. The molecule has 1 aromatic carbocycles. The number of hydrogen-bond acceptors (Lipinski definition) is 3. The van der Waals surface area contributed by atoms with Crippen LogP contribution in [-0.4, -0.2) is 17.2 Å². The molecule has 1 atom stereocenters. The third-order valence-electron chi connectivity index (χ3n) is 2.90. The lowest BCUT2D eigenvalue weighted by molar-refractivity contribution is -0.120. The molecule has 0 saturated heterocycles. The number of benzene rings is 1. The van der Waals surface area contributed by atoms with E-state index in [1.165, 1.54) is 11.8 Å². The predicted octanol–water partition coefficient (Wildman–Crippen LogP) is 2.83. The van der Waals surface area contributed by atoms with Crippen molar-refractivity contribution >= 4 is 17.7 Å². The molecule has 1 rings (SSSR count). The summed E-state index contributed by atoms with van der Waals surface area (Å²) >= 11 is 1.47. The highest BCUT2D eigenvalue weighted by atomic mass is 32.2. The molecule has 0 aliphatic carbocycles. The van der Waals surface area contributed by atoms with Crippen molar-refractivity contribution < 1.29 is 4.79 Å². The summed E-state index contributed by atoms with van der Waals surface area (Å²) < 4.78 is 0. The molecule has 3 nitrogen and oxygen atoms in total. The molecule has 0 aliphatic rings. The van der Waals surface area contributed by atoms with E-state index in [0.717, 1.165) is 4.90 Å². The molecule has 18 heavy (non-hydrogen) atoms. The van der Waals surface area contributed by atoms with E-state index in [-0.39, 0.29) is 11.8 Å². The molecule has 1 N–H and O–H groups in total. The van der Waals surface area contributed by atoms with Gasteiger partial charge < -0.3 is 5.32 Å². The SMILES string of the molecule is CC(C)C(C)(C#N)NC(=O)CSc1ccccc1. The molecule has 4 heteroatoms. The molecule has 1 aromatic rings. The number of nitriles is 1. The lowest BCUT2D eigenvalue weighted by atomic mass is 9.90. The van der Waals surface area contributed by atoms with Gasteiger partial charge in [-0.2, -0.15) is 5.26 Å². The third-order valence-corrected chi connectivity index (χ3v) is 3.91. The molecule has 96 valence electrons. The molecule has 0 aliphatic heterocycles. The molecule has 0 radical (unpaired) electrons. The molecule has 0 saturated carbocycles. The van der Waals surface area contributed by atoms with Crippen LogP contribution in [0.2, 0.25) is 0 Å². The van der Waals surface area contributed by atoms with Crippen molar-refractivity contribution in [3.63, 3.8) is 0 Å². The van der Waals surface area contributed by atoms with Gasteiger partial charge in [0.1, 0.15) is 5.54 Å². The summed E-state index contributed by atoms with van der Waals surface area (Å²) in [6.07, 6.45) is 0. The zero-order valence-corrected chi connectivity index (χ0v) is 11.8. The Morgan fingerprint density at radius 1 is 1.44 bits per heavy atom. The number of hydrogen-bond donors (Lipinski definition) is 1. The number of carbonyl (C=O) groups is 1. The first-order valence-corrected chi connectivity index (χ1v) is 6.86. The number of thioether (sulfide) groups is 1. The van der Waals surface area contributed by atoms with Gasteiger partial charge in [-0.15, -0.1) is 11.8 Å². The van der Waals surface area contributed by atoms with Crippen molar-refractivity contribution in [1.29, 1.82) is 5.26 Å². The molecule has 0 heterocycles. The highest BCUT2D eigenvalue weighted by molar-refractivity contribution is 8.00. The second-order valence-electron chi connectivity index (χ2n) is 4.62. The summed E-state index contributed by atoms with van der Waals surface area (Å²) in [6.45, 7) is 5.60. The van der Waals surface area contributed by atoms with Gasteiger partial charge in [0.05, 0.1) is 11.8 Å². The smallest absolute Gasteiger partial charge is 0.231 e. The van der Waals surface area contributed by atoms with Crippen LogP contribution in [-0.2, 0) is 4.79 Å². The van der Waals surface area contributed by atoms with E-state index in [4.69, 9.17) is 5.26 Å². The Hall–Kier alpha value is -1.47. The summed E-state index contributed by atoms with van der Waals surface area (Å²) in [7, 11) is 0. The number of amides is 1. The first kappa shape index (κ1) is 14.6. The Morgan fingerprint density at radius 3 is 2.56 bits per heavy atom. The van der Waals surface area contributed by atoms with Gasteiger partial charge in [-0.1, -0.05) is 32.0 Å². The maximum atomic E-state index is 11.8. The fourth-order valence-corrected chi connectivity index (χ4v) is 2.01. The average molecular weight is 262 g/mol. The van der Waals surface area contributed by atoms with E-state index in [1.54, 1.807) is 6.92 Å². The Kier molecular flexibility index (Phi) is 5.24. The minimum absolute atomic E-state index is 0.0770. The van der Waals surface area contributed by atoms with E-state index >= 15 is 0 Å². The molecule has 0 bridgehead atoms. The summed E-state index contributed by atoms with van der Waals surface area (Å²) in [5.41, 5.74) is -0.797. The van der Waals surface area contributed by atoms with Crippen molar-refractivity contribution in [3.05, 3.63) is 30.3 Å². The second kappa shape index (κ2) is 6.46. The predicted molar refractivity (Wildman–Crippen MR) is 74.2 cm³/mol. The van der Waals surface area contributed by atoms with Crippen molar-refractivity contribution in [2.24, 2.45) is 5.92 Å². The van der Waals surface area contributed by atoms with Crippen molar-refractivity contribution in [2.75, 3.05) is 5.75 Å². The van der Waals surface area contributed by atoms with Gasteiger partial charge in [-0.3, -0.25) is 4.79 Å². The highest BCUT2D eigenvalue weighted by Crippen LogP contribution is 2.18. The van der Waals surface area contributed by atoms with E-state index in [2.05, 4.69) is 11.4 Å². The van der Waals surface area contributed by atoms with Crippen LogP contribution in [0, 0.1) is 17.2 Å². The van der Waals surface area contributed by atoms with Crippen molar-refractivity contribution in [1.82, 2.24) is 5.32 Å². The van der Waals surface area contributed by atoms with E-state index in [1.807, 2.05) is 44.2 Å². The van der Waals surface area contributed by atoms with Crippen LogP contribution in [0.5, 0.6) is 0 Å². The van der Waals surface area contributed by atoms with Crippen LogP contribution >= 0.6 is 11.8 Å². The Labute approximate surface area is 113 Å². The minimum Gasteiger partial charge on any atom is -0.337 e. The fraction of sp³-hybridized carbons (Fsp3) is 0.429.